The molecule has 2 N–H and O–H groups in total. The molecule has 7 heteroatoms. The van der Waals surface area contributed by atoms with E-state index in [2.05, 4.69) is 10.6 Å². The summed E-state index contributed by atoms with van der Waals surface area (Å²) in [6, 6.07) is 14.6. The number of benzene rings is 2. The van der Waals surface area contributed by atoms with E-state index in [1.807, 2.05) is 36.1 Å². The molecule has 0 radical (unpaired) electrons. The maximum absolute atomic E-state index is 12.5. The SMILES string of the molecule is CCOc1ccc(/C=C/C(=O)NC(=S)Nc2cccc(C(=O)N3CCCC3)c2)cc1. The van der Waals surface area contributed by atoms with Crippen LogP contribution in [-0.4, -0.2) is 41.5 Å². The fourth-order valence-electron chi connectivity index (χ4n) is 3.16. The lowest BCUT2D eigenvalue weighted by atomic mass is 10.2. The van der Waals surface area contributed by atoms with E-state index in [4.69, 9.17) is 17.0 Å². The lowest BCUT2D eigenvalue weighted by molar-refractivity contribution is -0.115. The summed E-state index contributed by atoms with van der Waals surface area (Å²) in [6.07, 6.45) is 5.20. The highest BCUT2D eigenvalue weighted by atomic mass is 32.1. The number of carbonyl (C=O) groups is 2. The van der Waals surface area contributed by atoms with Crippen LogP contribution in [0.1, 0.15) is 35.7 Å². The second-order valence-electron chi connectivity index (χ2n) is 6.86. The molecule has 0 atom stereocenters. The minimum absolute atomic E-state index is 0.0180. The van der Waals surface area contributed by atoms with Gasteiger partial charge in [0.2, 0.25) is 5.91 Å². The first-order valence-corrected chi connectivity index (χ1v) is 10.4. The molecule has 1 saturated heterocycles. The molecule has 0 unspecified atom stereocenters. The average molecular weight is 424 g/mol. The van der Waals surface area contributed by atoms with Crippen LogP contribution in [0.15, 0.2) is 54.6 Å². The van der Waals surface area contributed by atoms with Crippen molar-refractivity contribution in [3.05, 3.63) is 65.7 Å². The largest absolute Gasteiger partial charge is 0.494 e. The van der Waals surface area contributed by atoms with Crippen molar-refractivity contribution in [1.82, 2.24) is 10.2 Å². The summed E-state index contributed by atoms with van der Waals surface area (Å²) in [5.74, 6) is 0.463. The van der Waals surface area contributed by atoms with Gasteiger partial charge < -0.3 is 15.0 Å². The quantitative estimate of drug-likeness (QED) is 0.546. The Labute approximate surface area is 181 Å². The highest BCUT2D eigenvalue weighted by Gasteiger charge is 2.19. The third-order valence-corrected chi connectivity index (χ3v) is 4.82. The Morgan fingerprint density at radius 3 is 2.57 bits per heavy atom. The van der Waals surface area contributed by atoms with Crippen molar-refractivity contribution in [1.29, 1.82) is 0 Å². The number of hydrogen-bond donors (Lipinski definition) is 2. The van der Waals surface area contributed by atoms with Gasteiger partial charge in [-0.2, -0.15) is 0 Å². The summed E-state index contributed by atoms with van der Waals surface area (Å²) in [5, 5.41) is 5.73. The highest BCUT2D eigenvalue weighted by molar-refractivity contribution is 7.80. The van der Waals surface area contributed by atoms with Crippen molar-refractivity contribution in [2.24, 2.45) is 0 Å². The maximum atomic E-state index is 12.5. The number of amides is 2. The molecule has 0 bridgehead atoms. The van der Waals surface area contributed by atoms with Gasteiger partial charge in [0.05, 0.1) is 6.61 Å². The van der Waals surface area contributed by atoms with Crippen LogP contribution in [0.5, 0.6) is 5.75 Å². The Morgan fingerprint density at radius 2 is 1.87 bits per heavy atom. The number of thiocarbonyl (C=S) groups is 1. The van der Waals surface area contributed by atoms with Crippen LogP contribution in [0.3, 0.4) is 0 Å². The highest BCUT2D eigenvalue weighted by Crippen LogP contribution is 2.16. The molecule has 2 amide bonds. The molecule has 1 fully saturated rings. The first-order chi connectivity index (χ1) is 14.5. The van der Waals surface area contributed by atoms with E-state index < -0.39 is 0 Å². The second kappa shape index (κ2) is 10.5. The lowest BCUT2D eigenvalue weighted by Crippen LogP contribution is -2.33. The van der Waals surface area contributed by atoms with Crippen LogP contribution in [0.2, 0.25) is 0 Å². The summed E-state index contributed by atoms with van der Waals surface area (Å²) in [7, 11) is 0. The minimum atomic E-state index is -0.342. The van der Waals surface area contributed by atoms with Crippen molar-refractivity contribution >= 4 is 40.9 Å². The average Bonchev–Trinajstić information content (AvgIpc) is 3.28. The van der Waals surface area contributed by atoms with Gasteiger partial charge in [-0.1, -0.05) is 18.2 Å². The maximum Gasteiger partial charge on any atom is 0.253 e. The zero-order chi connectivity index (χ0) is 21.3. The zero-order valence-electron chi connectivity index (χ0n) is 16.9. The molecule has 0 spiro atoms. The topological polar surface area (TPSA) is 70.7 Å². The summed E-state index contributed by atoms with van der Waals surface area (Å²) in [6.45, 7) is 4.13. The van der Waals surface area contributed by atoms with Gasteiger partial charge in [0, 0.05) is 30.4 Å². The summed E-state index contributed by atoms with van der Waals surface area (Å²) in [5.41, 5.74) is 2.13. The molecule has 30 heavy (non-hydrogen) atoms. The molecule has 1 aliphatic heterocycles. The number of carbonyl (C=O) groups excluding carboxylic acids is 2. The van der Waals surface area contributed by atoms with Crippen LogP contribution in [-0.2, 0) is 4.79 Å². The zero-order valence-corrected chi connectivity index (χ0v) is 17.7. The third-order valence-electron chi connectivity index (χ3n) is 4.62. The molecular weight excluding hydrogens is 398 g/mol. The number of rotatable bonds is 6. The lowest BCUT2D eigenvalue weighted by Gasteiger charge is -2.16. The number of anilines is 1. The van der Waals surface area contributed by atoms with Crippen molar-refractivity contribution in [3.8, 4) is 5.75 Å². The Hall–Kier alpha value is -3.19. The van der Waals surface area contributed by atoms with E-state index in [1.54, 1.807) is 30.3 Å². The van der Waals surface area contributed by atoms with Crippen molar-refractivity contribution in [2.75, 3.05) is 25.0 Å². The van der Waals surface area contributed by atoms with E-state index >= 15 is 0 Å². The van der Waals surface area contributed by atoms with Crippen molar-refractivity contribution < 1.29 is 14.3 Å². The molecule has 2 aromatic carbocycles. The molecule has 1 aliphatic rings. The van der Waals surface area contributed by atoms with E-state index in [0.29, 0.717) is 17.9 Å². The molecule has 0 aliphatic carbocycles. The van der Waals surface area contributed by atoms with Crippen molar-refractivity contribution in [2.45, 2.75) is 19.8 Å². The van der Waals surface area contributed by atoms with Gasteiger partial charge in [0.1, 0.15) is 5.75 Å². The van der Waals surface area contributed by atoms with E-state index in [-0.39, 0.29) is 16.9 Å². The van der Waals surface area contributed by atoms with Crippen LogP contribution in [0.25, 0.3) is 6.08 Å². The third kappa shape index (κ3) is 6.15. The van der Waals surface area contributed by atoms with Crippen LogP contribution >= 0.6 is 12.2 Å². The van der Waals surface area contributed by atoms with E-state index in [1.165, 1.54) is 6.08 Å². The standard InChI is InChI=1S/C23H25N3O3S/c1-2-29-20-11-8-17(9-12-20)10-13-21(27)25-23(30)24-19-7-5-6-18(16-19)22(28)26-14-3-4-15-26/h5-13,16H,2-4,14-15H2,1H3,(H2,24,25,27,30)/b13-10+. The molecule has 2 aromatic rings. The van der Waals surface area contributed by atoms with Gasteiger partial charge in [0.25, 0.3) is 5.91 Å². The Morgan fingerprint density at radius 1 is 1.13 bits per heavy atom. The predicted octanol–water partition coefficient (Wildman–Crippen LogP) is 3.85. The molecule has 3 rings (SSSR count). The molecular formula is C23H25N3O3S. The fourth-order valence-corrected chi connectivity index (χ4v) is 3.38. The molecule has 156 valence electrons. The van der Waals surface area contributed by atoms with Gasteiger partial charge in [-0.3, -0.25) is 14.9 Å². The molecule has 1 heterocycles. The Kier molecular flexibility index (Phi) is 7.57. The monoisotopic (exact) mass is 423 g/mol. The fraction of sp³-hybridized carbons (Fsp3) is 0.261. The number of likely N-dealkylation sites (tertiary alicyclic amines) is 1. The number of hydrogen-bond acceptors (Lipinski definition) is 4. The molecule has 6 nitrogen and oxygen atoms in total. The van der Waals surface area contributed by atoms with Gasteiger partial charge >= 0.3 is 0 Å². The molecule has 0 aromatic heterocycles. The smallest absolute Gasteiger partial charge is 0.253 e. The summed E-state index contributed by atoms with van der Waals surface area (Å²) < 4.78 is 5.40. The Bertz CT molecular complexity index is 935. The summed E-state index contributed by atoms with van der Waals surface area (Å²) >= 11 is 5.22. The van der Waals surface area contributed by atoms with Crippen LogP contribution in [0.4, 0.5) is 5.69 Å². The van der Waals surface area contributed by atoms with E-state index in [0.717, 1.165) is 37.2 Å². The number of ether oxygens (including phenoxy) is 1. The number of nitrogens with zero attached hydrogens (tertiary/aromatic N) is 1. The van der Waals surface area contributed by atoms with Crippen molar-refractivity contribution in [3.63, 3.8) is 0 Å². The molecule has 0 saturated carbocycles. The minimum Gasteiger partial charge on any atom is -0.494 e. The van der Waals surface area contributed by atoms with Crippen LogP contribution in [0, 0.1) is 0 Å². The van der Waals surface area contributed by atoms with Crippen LogP contribution < -0.4 is 15.4 Å². The first-order valence-electron chi connectivity index (χ1n) is 9.97. The van der Waals surface area contributed by atoms with Gasteiger partial charge in [-0.25, -0.2) is 0 Å². The second-order valence-corrected chi connectivity index (χ2v) is 7.27. The number of nitrogens with one attached hydrogen (secondary N) is 2. The first kappa shape index (κ1) is 21.5. The van der Waals surface area contributed by atoms with Gasteiger partial charge in [-0.15, -0.1) is 0 Å². The van der Waals surface area contributed by atoms with E-state index in [9.17, 15) is 9.59 Å². The Balaban J connectivity index is 1.52. The normalized spacial score (nSPS) is 13.3. The summed E-state index contributed by atoms with van der Waals surface area (Å²) in [4.78, 5) is 26.5. The van der Waals surface area contributed by atoms with Gasteiger partial charge in [0.15, 0.2) is 5.11 Å². The van der Waals surface area contributed by atoms with Gasteiger partial charge in [-0.05, 0) is 74.0 Å². The predicted molar refractivity (Wildman–Crippen MR) is 123 cm³/mol.